The molecule has 0 spiro atoms. The second-order valence-electron chi connectivity index (χ2n) is 2.46. The molecule has 0 aromatic carbocycles. The fourth-order valence-electron chi connectivity index (χ4n) is 0.511. The first kappa shape index (κ1) is 15.4. The maximum atomic E-state index is 10.5. The first-order valence-corrected chi connectivity index (χ1v) is 6.98. The Morgan fingerprint density at radius 3 is 1.50 bits per heavy atom. The quantitative estimate of drug-likeness (QED) is 0.385. The minimum absolute atomic E-state index is 0.410. The molecule has 1 heterocycles. The van der Waals surface area contributed by atoms with Gasteiger partial charge in [-0.15, -0.1) is 0 Å². The van der Waals surface area contributed by atoms with Crippen molar-refractivity contribution in [3.8, 4) is 0 Å². The van der Waals surface area contributed by atoms with Gasteiger partial charge in [0, 0.05) is 0 Å². The van der Waals surface area contributed by atoms with E-state index in [-0.39, 0.29) is 0 Å². The van der Waals surface area contributed by atoms with E-state index in [9.17, 15) is 22.8 Å². The van der Waals surface area contributed by atoms with E-state index in [2.05, 4.69) is 0 Å². The number of carboxylic acids is 1. The minimum atomic E-state index is -5.19. The Hall–Kier alpha value is -0.597. The molecule has 6 nitrogen and oxygen atoms in total. The Bertz CT molecular complexity index is 296. The molecule has 16 heavy (non-hydrogen) atoms. The molecule has 0 amide bonds. The summed E-state index contributed by atoms with van der Waals surface area (Å²) in [6.45, 7) is 0. The zero-order chi connectivity index (χ0) is 13.1. The zero-order valence-corrected chi connectivity index (χ0v) is 10.7. The van der Waals surface area contributed by atoms with Crippen molar-refractivity contribution < 1.29 is 42.9 Å². The van der Waals surface area contributed by atoms with Gasteiger partial charge in [0.15, 0.2) is 0 Å². The molecule has 2 radical (unpaired) electrons. The van der Waals surface area contributed by atoms with E-state index >= 15 is 0 Å². The van der Waals surface area contributed by atoms with Gasteiger partial charge >= 0.3 is 68.4 Å². The first-order chi connectivity index (χ1) is 7.07. The zero-order valence-electron chi connectivity index (χ0n) is 7.26. The van der Waals surface area contributed by atoms with Crippen LogP contribution in [0.3, 0.4) is 0 Å². The molecule has 0 saturated carbocycles. The van der Waals surface area contributed by atoms with Crippen LogP contribution in [-0.2, 0) is 14.4 Å². The summed E-state index contributed by atoms with van der Waals surface area (Å²) in [6.07, 6.45) is -7.98. The predicted octanol–water partition coefficient (Wildman–Crippen LogP) is -3.22. The number of hydrogen-bond donors (Lipinski definition) is 2. The van der Waals surface area contributed by atoms with Crippen molar-refractivity contribution in [1.29, 1.82) is 0 Å². The van der Waals surface area contributed by atoms with Crippen LogP contribution in [0.5, 0.6) is 0 Å². The van der Waals surface area contributed by atoms with E-state index < -0.39 is 54.6 Å². The third-order valence-corrected chi connectivity index (χ3v) is 5.03. The van der Waals surface area contributed by atoms with Gasteiger partial charge < -0.3 is 9.90 Å². The summed E-state index contributed by atoms with van der Waals surface area (Å²) < 4.78 is 30.7. The second-order valence-corrected chi connectivity index (χ2v) is 6.76. The Morgan fingerprint density at radius 2 is 1.44 bits per heavy atom. The van der Waals surface area contributed by atoms with Crippen LogP contribution in [0.25, 0.3) is 0 Å². The van der Waals surface area contributed by atoms with E-state index in [0.29, 0.717) is 0 Å². The number of hydrogen-bond acceptors (Lipinski definition) is 6. The Morgan fingerprint density at radius 1 is 1.19 bits per heavy atom. The molecule has 0 aromatic rings. The summed E-state index contributed by atoms with van der Waals surface area (Å²) in [6, 6.07) is 0. The molecule has 10 heteroatoms. The molecular weight excluding hydrogens is 434 g/mol. The van der Waals surface area contributed by atoms with Crippen molar-refractivity contribution in [2.45, 2.75) is 18.4 Å². The SMILES string of the molecule is O=C([O-])C(F)(F)F.O=[C]1[Bi+][C](=O)C(O)C1O. The normalized spacial score (nSPS) is 25.1. The predicted molar refractivity (Wildman–Crippen MR) is 38.8 cm³/mol. The van der Waals surface area contributed by atoms with Gasteiger partial charge in [-0.3, -0.25) is 0 Å². The number of halogens is 3. The number of carbonyl (C=O) groups excluding carboxylic acids is 3. The van der Waals surface area contributed by atoms with Crippen molar-refractivity contribution in [2.75, 3.05) is 0 Å². The van der Waals surface area contributed by atoms with E-state index in [1.807, 2.05) is 0 Å². The van der Waals surface area contributed by atoms with Crippen molar-refractivity contribution in [1.82, 2.24) is 0 Å². The molecule has 1 aliphatic rings. The van der Waals surface area contributed by atoms with Gasteiger partial charge in [0.1, 0.15) is 5.97 Å². The Kier molecular flexibility index (Phi) is 5.44. The molecule has 1 aliphatic heterocycles. The van der Waals surface area contributed by atoms with Crippen molar-refractivity contribution >= 4 is 36.2 Å². The van der Waals surface area contributed by atoms with Gasteiger partial charge in [-0.05, 0) is 0 Å². The van der Waals surface area contributed by atoms with E-state index in [0.717, 1.165) is 0 Å². The van der Waals surface area contributed by atoms with Crippen LogP contribution in [0.4, 0.5) is 13.2 Å². The Balaban J connectivity index is 0.000000293. The van der Waals surface area contributed by atoms with Crippen LogP contribution < -0.4 is 5.11 Å². The molecule has 1 fully saturated rings. The third-order valence-electron chi connectivity index (χ3n) is 1.26. The molecule has 2 atom stereocenters. The summed E-state index contributed by atoms with van der Waals surface area (Å²) in [5.74, 6) is -3.01. The van der Waals surface area contributed by atoms with Gasteiger partial charge in [-0.1, -0.05) is 0 Å². The summed E-state index contributed by atoms with van der Waals surface area (Å²) in [5.41, 5.74) is 0. The average Bonchev–Trinajstić information content (AvgIpc) is 2.33. The summed E-state index contributed by atoms with van der Waals surface area (Å²) >= 11 is -1.83. The van der Waals surface area contributed by atoms with Gasteiger partial charge in [0.2, 0.25) is 0 Å². The van der Waals surface area contributed by atoms with Crippen LogP contribution in [0, 0.1) is 0 Å². The number of rotatable bonds is 0. The molecule has 0 aliphatic carbocycles. The summed E-state index contributed by atoms with van der Waals surface area (Å²) in [4.78, 5) is 29.7. The molecule has 2 unspecified atom stereocenters. The molecule has 0 aromatic heterocycles. The number of alkyl halides is 3. The second kappa shape index (κ2) is 5.65. The number of carbonyl (C=O) groups is 3. The van der Waals surface area contributed by atoms with Crippen LogP contribution in [0.2, 0.25) is 0 Å². The third kappa shape index (κ3) is 4.50. The van der Waals surface area contributed by atoms with Crippen molar-refractivity contribution in [3.63, 3.8) is 0 Å². The summed E-state index contributed by atoms with van der Waals surface area (Å²) in [7, 11) is 0. The van der Waals surface area contributed by atoms with Crippen LogP contribution in [0.1, 0.15) is 0 Å². The fourth-order valence-corrected chi connectivity index (χ4v) is 3.48. The van der Waals surface area contributed by atoms with Crippen LogP contribution >= 0.6 is 0 Å². The summed E-state index contributed by atoms with van der Waals surface area (Å²) in [5, 5.41) is 26.1. The van der Waals surface area contributed by atoms with Crippen LogP contribution in [0.15, 0.2) is 0 Å². The maximum absolute atomic E-state index is 10.5. The van der Waals surface area contributed by atoms with Gasteiger partial charge in [-0.25, -0.2) is 0 Å². The van der Waals surface area contributed by atoms with E-state index in [4.69, 9.17) is 20.1 Å². The molecule has 0 bridgehead atoms. The van der Waals surface area contributed by atoms with Crippen LogP contribution in [-0.4, -0.2) is 64.8 Å². The topological polar surface area (TPSA) is 115 Å². The molecule has 1 rings (SSSR count). The van der Waals surface area contributed by atoms with Gasteiger partial charge in [0.25, 0.3) is 0 Å². The monoisotopic (exact) mass is 438 g/mol. The van der Waals surface area contributed by atoms with E-state index in [1.54, 1.807) is 0 Å². The standard InChI is InChI=1S/C4H4O4.C2HF3O2.Bi/c5-1-3(7)4(8)2-6;3-2(4,5)1(6)7;/h3-4,7-8H;(H,6,7);/q;;+1/p-1. The molecule has 2 N–H and O–H groups in total. The number of aliphatic hydroxyl groups excluding tert-OH is 2. The number of aliphatic carboxylic acids is 1. The van der Waals surface area contributed by atoms with E-state index in [1.165, 1.54) is 0 Å². The number of carboxylic acid groups (broad SMARTS) is 1. The first-order valence-electron chi connectivity index (χ1n) is 3.51. The molecule has 90 valence electrons. The fraction of sp³-hybridized carbons (Fsp3) is 0.500. The molecular formula is C6H4BiF3O6. The Labute approximate surface area is 97.6 Å². The van der Waals surface area contributed by atoms with Gasteiger partial charge in [0.05, 0.1) is 0 Å². The molecule has 1 saturated heterocycles. The number of aliphatic hydroxyl groups is 2. The van der Waals surface area contributed by atoms with Gasteiger partial charge in [-0.2, -0.15) is 13.2 Å². The van der Waals surface area contributed by atoms with Crippen molar-refractivity contribution in [3.05, 3.63) is 0 Å². The average molecular weight is 438 g/mol. The van der Waals surface area contributed by atoms with Crippen molar-refractivity contribution in [2.24, 2.45) is 0 Å².